The maximum atomic E-state index is 2.62. The van der Waals surface area contributed by atoms with Crippen LogP contribution in [0.5, 0.6) is 0 Å². The highest BCUT2D eigenvalue weighted by Gasteiger charge is 2.14. The van der Waals surface area contributed by atoms with E-state index in [1.54, 1.807) is 0 Å². The molecule has 62 valence electrons. The number of rotatable bonds is 1. The second-order valence-corrected chi connectivity index (χ2v) is 5.00. The maximum Gasteiger partial charge on any atom is 0.00780 e. The molecule has 0 aromatic carbocycles. The predicted molar refractivity (Wildman–Crippen MR) is 52.7 cm³/mol. The Labute approximate surface area is 71.3 Å². The number of allylic oxidation sites excluding steroid dienone is 2. The third-order valence-electron chi connectivity index (χ3n) is 2.25. The van der Waals surface area contributed by atoms with E-state index in [1.165, 1.54) is 32.4 Å². The standard InChI is InChI=1S/C9H15NS/c1-2-6-10(7-3-1)11-8-4-5-9-11/h4-5,8-9,11H,1-3,6-7H2. The van der Waals surface area contributed by atoms with Crippen LogP contribution < -0.4 is 0 Å². The molecule has 0 saturated carbocycles. The first-order valence-corrected chi connectivity index (χ1v) is 5.78. The van der Waals surface area contributed by atoms with Gasteiger partial charge in [-0.25, -0.2) is 0 Å². The van der Waals surface area contributed by atoms with Gasteiger partial charge in [0.2, 0.25) is 0 Å². The molecule has 0 aromatic rings. The molecule has 0 amide bonds. The fourth-order valence-electron chi connectivity index (χ4n) is 1.62. The zero-order valence-electron chi connectivity index (χ0n) is 6.74. The summed E-state index contributed by atoms with van der Waals surface area (Å²) in [6.45, 7) is 2.64. The molecule has 11 heavy (non-hydrogen) atoms. The molecule has 0 radical (unpaired) electrons. The Bertz CT molecular complexity index is 168. The van der Waals surface area contributed by atoms with Crippen molar-refractivity contribution in [1.29, 1.82) is 0 Å². The highest BCUT2D eigenvalue weighted by molar-refractivity contribution is 8.20. The molecule has 2 aliphatic heterocycles. The van der Waals surface area contributed by atoms with E-state index in [-0.39, 0.29) is 11.1 Å². The minimum absolute atomic E-state index is 0.00894. The Morgan fingerprint density at radius 2 is 1.55 bits per heavy atom. The van der Waals surface area contributed by atoms with Gasteiger partial charge >= 0.3 is 0 Å². The monoisotopic (exact) mass is 169 g/mol. The molecule has 2 aliphatic rings. The number of hydrogen-bond acceptors (Lipinski definition) is 1. The van der Waals surface area contributed by atoms with Crippen LogP contribution in [-0.4, -0.2) is 17.4 Å². The summed E-state index contributed by atoms with van der Waals surface area (Å²) in [5.41, 5.74) is 0. The predicted octanol–water partition coefficient (Wildman–Crippen LogP) is 2.43. The van der Waals surface area contributed by atoms with Crippen LogP contribution in [0.3, 0.4) is 0 Å². The van der Waals surface area contributed by atoms with Gasteiger partial charge in [0.25, 0.3) is 0 Å². The second-order valence-electron chi connectivity index (χ2n) is 3.08. The molecular formula is C9H15NS. The molecule has 2 heteroatoms. The lowest BCUT2D eigenvalue weighted by Gasteiger charge is -2.32. The second kappa shape index (κ2) is 3.46. The molecule has 0 atom stereocenters. The average molecular weight is 169 g/mol. The molecule has 0 bridgehead atoms. The van der Waals surface area contributed by atoms with E-state index in [2.05, 4.69) is 27.3 Å². The first-order chi connectivity index (χ1) is 5.47. The van der Waals surface area contributed by atoms with Crippen LogP contribution >= 0.6 is 11.1 Å². The van der Waals surface area contributed by atoms with Gasteiger partial charge in [0.1, 0.15) is 0 Å². The van der Waals surface area contributed by atoms with Gasteiger partial charge in [-0.05, 0) is 23.7 Å². The first-order valence-electron chi connectivity index (χ1n) is 4.35. The van der Waals surface area contributed by atoms with Crippen molar-refractivity contribution in [3.05, 3.63) is 23.0 Å². The van der Waals surface area contributed by atoms with Crippen LogP contribution in [0.4, 0.5) is 0 Å². The van der Waals surface area contributed by atoms with Crippen LogP contribution in [0.1, 0.15) is 19.3 Å². The summed E-state index contributed by atoms with van der Waals surface area (Å²) >= 11 is 0.00894. The van der Waals surface area contributed by atoms with Crippen LogP contribution in [0.25, 0.3) is 0 Å². The van der Waals surface area contributed by atoms with Gasteiger partial charge in [-0.15, -0.1) is 0 Å². The zero-order chi connectivity index (χ0) is 7.52. The van der Waals surface area contributed by atoms with Crippen molar-refractivity contribution in [3.63, 3.8) is 0 Å². The van der Waals surface area contributed by atoms with Crippen molar-refractivity contribution in [2.45, 2.75) is 19.3 Å². The third-order valence-corrected chi connectivity index (χ3v) is 4.26. The van der Waals surface area contributed by atoms with Crippen molar-refractivity contribution in [1.82, 2.24) is 4.31 Å². The van der Waals surface area contributed by atoms with Gasteiger partial charge in [0.05, 0.1) is 0 Å². The highest BCUT2D eigenvalue weighted by atomic mass is 32.2. The quantitative estimate of drug-likeness (QED) is 0.590. The third kappa shape index (κ3) is 1.68. The van der Waals surface area contributed by atoms with E-state index in [4.69, 9.17) is 0 Å². The van der Waals surface area contributed by atoms with Crippen molar-refractivity contribution in [3.8, 4) is 0 Å². The lowest BCUT2D eigenvalue weighted by Crippen LogP contribution is -2.25. The Kier molecular flexibility index (Phi) is 2.34. The van der Waals surface area contributed by atoms with Crippen LogP contribution in [0.15, 0.2) is 23.0 Å². The minimum Gasteiger partial charge on any atom is -0.263 e. The van der Waals surface area contributed by atoms with Crippen molar-refractivity contribution < 1.29 is 0 Å². The smallest absolute Gasteiger partial charge is 0.00780 e. The van der Waals surface area contributed by atoms with Gasteiger partial charge in [-0.2, -0.15) is 11.1 Å². The molecule has 2 rings (SSSR count). The van der Waals surface area contributed by atoms with E-state index in [1.807, 2.05) is 0 Å². The van der Waals surface area contributed by atoms with Gasteiger partial charge in [-0.1, -0.05) is 18.6 Å². The summed E-state index contributed by atoms with van der Waals surface area (Å²) in [7, 11) is 0. The molecular weight excluding hydrogens is 154 g/mol. The fourth-order valence-corrected chi connectivity index (χ4v) is 3.39. The molecule has 0 aliphatic carbocycles. The van der Waals surface area contributed by atoms with E-state index in [0.29, 0.717) is 0 Å². The van der Waals surface area contributed by atoms with Crippen molar-refractivity contribution in [2.75, 3.05) is 13.1 Å². The molecule has 1 fully saturated rings. The number of hydrogen-bond donors (Lipinski definition) is 1. The summed E-state index contributed by atoms with van der Waals surface area (Å²) in [6, 6.07) is 0. The number of piperidine rings is 1. The molecule has 0 aromatic heterocycles. The summed E-state index contributed by atoms with van der Waals surface area (Å²) in [6.07, 6.45) is 8.61. The Hall–Kier alpha value is -0.210. The number of nitrogens with zero attached hydrogens (tertiary/aromatic N) is 1. The van der Waals surface area contributed by atoms with Crippen molar-refractivity contribution in [2.24, 2.45) is 0 Å². The first kappa shape index (κ1) is 7.44. The summed E-state index contributed by atoms with van der Waals surface area (Å²) in [4.78, 5) is 0. The van der Waals surface area contributed by atoms with Crippen molar-refractivity contribution >= 4 is 11.1 Å². The van der Waals surface area contributed by atoms with E-state index < -0.39 is 0 Å². The van der Waals surface area contributed by atoms with Gasteiger partial charge in [0, 0.05) is 13.1 Å². The molecule has 0 unspecified atom stereocenters. The average Bonchev–Trinajstić information content (AvgIpc) is 2.58. The Morgan fingerprint density at radius 3 is 2.18 bits per heavy atom. The molecule has 0 N–H and O–H groups in total. The largest absolute Gasteiger partial charge is 0.263 e. The summed E-state index contributed by atoms with van der Waals surface area (Å²) in [5.74, 6) is 0. The molecule has 2 heterocycles. The summed E-state index contributed by atoms with van der Waals surface area (Å²) < 4.78 is 2.62. The Morgan fingerprint density at radius 1 is 0.909 bits per heavy atom. The Balaban J connectivity index is 1.92. The molecule has 1 saturated heterocycles. The van der Waals surface area contributed by atoms with Crippen LogP contribution in [-0.2, 0) is 0 Å². The minimum atomic E-state index is 0.00894. The van der Waals surface area contributed by atoms with E-state index in [9.17, 15) is 0 Å². The SMILES string of the molecule is C1=C[SH](N2CCCCC2)C=C1. The normalized spacial score (nSPS) is 28.2. The maximum absolute atomic E-state index is 2.62. The fraction of sp³-hybridized carbons (Fsp3) is 0.556. The van der Waals surface area contributed by atoms with Crippen LogP contribution in [0, 0.1) is 0 Å². The zero-order valence-corrected chi connectivity index (χ0v) is 7.63. The molecule has 0 spiro atoms. The number of thiol groups is 1. The highest BCUT2D eigenvalue weighted by Crippen LogP contribution is 2.38. The lowest BCUT2D eigenvalue weighted by atomic mass is 10.2. The van der Waals surface area contributed by atoms with E-state index >= 15 is 0 Å². The van der Waals surface area contributed by atoms with Gasteiger partial charge in [-0.3, -0.25) is 4.31 Å². The molecule has 1 nitrogen and oxygen atoms in total. The topological polar surface area (TPSA) is 3.24 Å². The van der Waals surface area contributed by atoms with E-state index in [0.717, 1.165) is 0 Å². The van der Waals surface area contributed by atoms with Gasteiger partial charge in [0.15, 0.2) is 0 Å². The lowest BCUT2D eigenvalue weighted by molar-refractivity contribution is 0.380. The summed E-state index contributed by atoms with van der Waals surface area (Å²) in [5, 5.41) is 4.70. The van der Waals surface area contributed by atoms with Gasteiger partial charge < -0.3 is 0 Å². The van der Waals surface area contributed by atoms with Crippen LogP contribution in [0.2, 0.25) is 0 Å².